The van der Waals surface area contributed by atoms with E-state index in [1.54, 1.807) is 13.2 Å². The molecule has 2 N–H and O–H groups in total. The zero-order valence-electron chi connectivity index (χ0n) is 18.5. The van der Waals surface area contributed by atoms with Gasteiger partial charge in [-0.15, -0.1) is 0 Å². The lowest BCUT2D eigenvalue weighted by Crippen LogP contribution is -2.49. The molecule has 31 heavy (non-hydrogen) atoms. The van der Waals surface area contributed by atoms with Gasteiger partial charge in [0, 0.05) is 6.54 Å². The van der Waals surface area contributed by atoms with Crippen LogP contribution < -0.4 is 20.1 Å². The molecule has 168 valence electrons. The number of hydrogen-bond acceptors (Lipinski definition) is 4. The van der Waals surface area contributed by atoms with Crippen molar-refractivity contribution in [3.8, 4) is 11.5 Å². The monoisotopic (exact) mass is 430 g/mol. The first-order valence-corrected chi connectivity index (χ1v) is 10.5. The second-order valence-electron chi connectivity index (χ2n) is 7.58. The minimum Gasteiger partial charge on any atom is -0.493 e. The molecule has 0 aliphatic rings. The summed E-state index contributed by atoms with van der Waals surface area (Å²) in [6, 6.07) is 10.4. The highest BCUT2D eigenvalue weighted by molar-refractivity contribution is 5.97. The summed E-state index contributed by atoms with van der Waals surface area (Å²) in [6.45, 7) is 6.59. The van der Waals surface area contributed by atoms with E-state index in [-0.39, 0.29) is 23.9 Å². The number of carbonyl (C=O) groups excluding carboxylic acids is 2. The highest BCUT2D eigenvalue weighted by Gasteiger charge is 2.25. The number of nitrogens with one attached hydrogen (secondary N) is 2. The molecule has 1 unspecified atom stereocenters. The molecule has 0 heterocycles. The minimum absolute atomic E-state index is 0.0932. The van der Waals surface area contributed by atoms with Crippen molar-refractivity contribution in [2.24, 2.45) is 5.92 Å². The largest absolute Gasteiger partial charge is 0.493 e. The number of carbonyl (C=O) groups is 2. The molecule has 0 radical (unpaired) electrons. The van der Waals surface area contributed by atoms with E-state index >= 15 is 0 Å². The lowest BCUT2D eigenvalue weighted by molar-refractivity contribution is -0.124. The third-order valence-electron chi connectivity index (χ3n) is 4.80. The SMILES string of the molecule is CCCCOc1ccc(CNC(=O)C(NC(=O)c2ccccc2F)C(C)C)cc1OC. The van der Waals surface area contributed by atoms with Crippen LogP contribution in [0.4, 0.5) is 4.39 Å². The van der Waals surface area contributed by atoms with Gasteiger partial charge in [0.25, 0.3) is 5.91 Å². The first kappa shape index (κ1) is 24.2. The van der Waals surface area contributed by atoms with Crippen molar-refractivity contribution in [2.75, 3.05) is 13.7 Å². The summed E-state index contributed by atoms with van der Waals surface area (Å²) in [6.07, 6.45) is 1.99. The van der Waals surface area contributed by atoms with Gasteiger partial charge in [-0.1, -0.05) is 45.4 Å². The van der Waals surface area contributed by atoms with Gasteiger partial charge >= 0.3 is 0 Å². The Labute approximate surface area is 183 Å². The van der Waals surface area contributed by atoms with Crippen molar-refractivity contribution in [1.29, 1.82) is 0 Å². The lowest BCUT2D eigenvalue weighted by Gasteiger charge is -2.22. The molecular weight excluding hydrogens is 399 g/mol. The number of amides is 2. The Morgan fingerprint density at radius 1 is 1.10 bits per heavy atom. The van der Waals surface area contributed by atoms with Gasteiger partial charge in [0.2, 0.25) is 5.91 Å². The Bertz CT molecular complexity index is 886. The molecule has 1 atom stereocenters. The Morgan fingerprint density at radius 2 is 1.84 bits per heavy atom. The van der Waals surface area contributed by atoms with Crippen LogP contribution in [0.5, 0.6) is 11.5 Å². The zero-order chi connectivity index (χ0) is 22.8. The van der Waals surface area contributed by atoms with E-state index in [1.165, 1.54) is 18.2 Å². The maximum Gasteiger partial charge on any atom is 0.254 e. The molecule has 0 spiro atoms. The molecule has 0 aromatic heterocycles. The second-order valence-corrected chi connectivity index (χ2v) is 7.58. The van der Waals surface area contributed by atoms with Crippen LogP contribution in [-0.4, -0.2) is 31.6 Å². The highest BCUT2D eigenvalue weighted by atomic mass is 19.1. The quantitative estimate of drug-likeness (QED) is 0.527. The Hall–Kier alpha value is -3.09. The summed E-state index contributed by atoms with van der Waals surface area (Å²) in [5, 5.41) is 5.47. The molecular formula is C24H31FN2O4. The zero-order valence-corrected chi connectivity index (χ0v) is 18.5. The van der Waals surface area contributed by atoms with Gasteiger partial charge in [0.15, 0.2) is 11.5 Å². The predicted molar refractivity (Wildman–Crippen MR) is 118 cm³/mol. The summed E-state index contributed by atoms with van der Waals surface area (Å²) >= 11 is 0. The smallest absolute Gasteiger partial charge is 0.254 e. The fourth-order valence-electron chi connectivity index (χ4n) is 2.97. The van der Waals surface area contributed by atoms with Crippen molar-refractivity contribution < 1.29 is 23.5 Å². The average molecular weight is 431 g/mol. The Kier molecular flexibility index (Phi) is 9.31. The molecule has 6 nitrogen and oxygen atoms in total. The topological polar surface area (TPSA) is 76.7 Å². The van der Waals surface area contributed by atoms with Crippen molar-refractivity contribution >= 4 is 11.8 Å². The molecule has 0 aliphatic heterocycles. The first-order valence-electron chi connectivity index (χ1n) is 10.5. The van der Waals surface area contributed by atoms with Crippen molar-refractivity contribution in [1.82, 2.24) is 10.6 Å². The molecule has 0 aliphatic carbocycles. The van der Waals surface area contributed by atoms with Crippen molar-refractivity contribution in [3.63, 3.8) is 0 Å². The maximum atomic E-state index is 13.9. The highest BCUT2D eigenvalue weighted by Crippen LogP contribution is 2.28. The van der Waals surface area contributed by atoms with E-state index in [2.05, 4.69) is 17.6 Å². The summed E-state index contributed by atoms with van der Waals surface area (Å²) in [5.74, 6) is -0.528. The van der Waals surface area contributed by atoms with E-state index in [0.29, 0.717) is 18.1 Å². The van der Waals surface area contributed by atoms with E-state index in [4.69, 9.17) is 9.47 Å². The van der Waals surface area contributed by atoms with Crippen LogP contribution in [0.3, 0.4) is 0 Å². The van der Waals surface area contributed by atoms with Crippen LogP contribution in [-0.2, 0) is 11.3 Å². The Morgan fingerprint density at radius 3 is 2.48 bits per heavy atom. The number of rotatable bonds is 11. The van der Waals surface area contributed by atoms with Gasteiger partial charge in [0.1, 0.15) is 11.9 Å². The number of unbranched alkanes of at least 4 members (excludes halogenated alkanes) is 1. The number of halogens is 1. The average Bonchev–Trinajstić information content (AvgIpc) is 2.76. The molecule has 0 bridgehead atoms. The van der Waals surface area contributed by atoms with Crippen LogP contribution >= 0.6 is 0 Å². The number of benzene rings is 2. The Balaban J connectivity index is 2.01. The summed E-state index contributed by atoms with van der Waals surface area (Å²) in [4.78, 5) is 25.2. The minimum atomic E-state index is -0.800. The van der Waals surface area contributed by atoms with Crippen LogP contribution in [0.1, 0.15) is 49.5 Å². The first-order chi connectivity index (χ1) is 14.9. The molecule has 2 amide bonds. The van der Waals surface area contributed by atoms with Gasteiger partial charge in [-0.2, -0.15) is 0 Å². The summed E-state index contributed by atoms with van der Waals surface area (Å²) in [7, 11) is 1.57. The fourth-order valence-corrected chi connectivity index (χ4v) is 2.97. The van der Waals surface area contributed by atoms with Crippen molar-refractivity contribution in [3.05, 3.63) is 59.4 Å². The van der Waals surface area contributed by atoms with Crippen molar-refractivity contribution in [2.45, 2.75) is 46.2 Å². The van der Waals surface area contributed by atoms with E-state index in [0.717, 1.165) is 18.4 Å². The van der Waals surface area contributed by atoms with Crippen LogP contribution in [0.15, 0.2) is 42.5 Å². The third kappa shape index (κ3) is 6.98. The second kappa shape index (κ2) is 11.9. The van der Waals surface area contributed by atoms with Gasteiger partial charge in [-0.3, -0.25) is 9.59 Å². The van der Waals surface area contributed by atoms with E-state index in [1.807, 2.05) is 32.0 Å². The molecule has 0 fully saturated rings. The summed E-state index contributed by atoms with van der Waals surface area (Å²) < 4.78 is 25.0. The van der Waals surface area contributed by atoms with Crippen LogP contribution in [0.2, 0.25) is 0 Å². The van der Waals surface area contributed by atoms with Crippen LogP contribution in [0, 0.1) is 11.7 Å². The standard InChI is InChI=1S/C24H31FN2O4/c1-5-6-13-31-20-12-11-17(14-21(20)30-4)15-26-24(29)22(16(2)3)27-23(28)18-9-7-8-10-19(18)25/h7-12,14,16,22H,5-6,13,15H2,1-4H3,(H,26,29)(H,27,28). The molecule has 2 aromatic rings. The van der Waals surface area contributed by atoms with Gasteiger partial charge in [0.05, 0.1) is 19.3 Å². The lowest BCUT2D eigenvalue weighted by atomic mass is 10.0. The molecule has 2 rings (SSSR count). The molecule has 2 aromatic carbocycles. The number of methoxy groups -OCH3 is 1. The molecule has 7 heteroatoms. The van der Waals surface area contributed by atoms with E-state index in [9.17, 15) is 14.0 Å². The normalized spacial score (nSPS) is 11.7. The van der Waals surface area contributed by atoms with Crippen LogP contribution in [0.25, 0.3) is 0 Å². The predicted octanol–water partition coefficient (Wildman–Crippen LogP) is 4.08. The molecule has 0 saturated heterocycles. The fraction of sp³-hybridized carbons (Fsp3) is 0.417. The maximum absolute atomic E-state index is 13.9. The van der Waals surface area contributed by atoms with Gasteiger partial charge in [-0.05, 0) is 42.2 Å². The third-order valence-corrected chi connectivity index (χ3v) is 4.80. The van der Waals surface area contributed by atoms with E-state index < -0.39 is 17.8 Å². The number of ether oxygens (including phenoxy) is 2. The molecule has 0 saturated carbocycles. The summed E-state index contributed by atoms with van der Waals surface area (Å²) in [5.41, 5.74) is 0.736. The number of hydrogen-bond donors (Lipinski definition) is 2. The van der Waals surface area contributed by atoms with Gasteiger partial charge < -0.3 is 20.1 Å². The van der Waals surface area contributed by atoms with Gasteiger partial charge in [-0.25, -0.2) is 4.39 Å².